The van der Waals surface area contributed by atoms with Gasteiger partial charge in [-0.3, -0.25) is 0 Å². The lowest BCUT2D eigenvalue weighted by Crippen LogP contribution is -2.04. The van der Waals surface area contributed by atoms with Crippen LogP contribution in [0, 0.1) is 21.7 Å². The number of allylic oxidation sites excluding steroid dienone is 4. The second kappa shape index (κ2) is 10.1. The Hall–Kier alpha value is -0.780. The first kappa shape index (κ1) is 26.1. The van der Waals surface area contributed by atoms with Crippen LogP contribution in [0.2, 0.25) is 0 Å². The monoisotopic (exact) mass is 308 g/mol. The first-order valence-electron chi connectivity index (χ1n) is 8.32. The molecule has 0 aromatic carbocycles. The first-order chi connectivity index (χ1) is 9.41. The Morgan fingerprint density at radius 3 is 0.500 bits per heavy atom. The standard InChI is InChI=1S/2C10H20.C2H4/c2*1-9(2,3)7-8-10(4,5)6;1-2/h2*7-8H,1-6H3;1-2H2. The fraction of sp³-hybridized carbons (Fsp3) is 0.727. The number of hydrogen-bond acceptors (Lipinski definition) is 0. The van der Waals surface area contributed by atoms with E-state index in [-0.39, 0.29) is 0 Å². The lowest BCUT2D eigenvalue weighted by atomic mass is 9.89. The average Bonchev–Trinajstić information content (AvgIpc) is 2.24. The Bertz CT molecular complexity index is 247. The normalized spacial score (nSPS) is 13.5. The second-order valence-electron chi connectivity index (χ2n) is 10.1. The molecule has 0 fully saturated rings. The van der Waals surface area contributed by atoms with Gasteiger partial charge in [-0.05, 0) is 21.7 Å². The molecule has 0 heterocycles. The van der Waals surface area contributed by atoms with Gasteiger partial charge in [0.15, 0.2) is 0 Å². The van der Waals surface area contributed by atoms with Crippen LogP contribution >= 0.6 is 0 Å². The van der Waals surface area contributed by atoms with Gasteiger partial charge in [-0.1, -0.05) is 107 Å². The van der Waals surface area contributed by atoms with Crippen molar-refractivity contribution in [3.8, 4) is 0 Å². The summed E-state index contributed by atoms with van der Waals surface area (Å²) in [5.74, 6) is 0. The summed E-state index contributed by atoms with van der Waals surface area (Å²) in [5.41, 5.74) is 1.31. The van der Waals surface area contributed by atoms with Gasteiger partial charge in [0.1, 0.15) is 0 Å². The molecule has 0 bridgehead atoms. The minimum absolute atomic E-state index is 0.327. The maximum absolute atomic E-state index is 3.00. The van der Waals surface area contributed by atoms with Gasteiger partial charge >= 0.3 is 0 Å². The SMILES string of the molecule is C=C.CC(C)(C)C=CC(C)(C)C.CC(C)(C)C=CC(C)(C)C. The quantitative estimate of drug-likeness (QED) is 0.397. The molecule has 0 aliphatic carbocycles. The molecule has 0 heteroatoms. The van der Waals surface area contributed by atoms with E-state index in [9.17, 15) is 0 Å². The molecule has 0 saturated carbocycles. The second-order valence-corrected chi connectivity index (χ2v) is 10.1. The van der Waals surface area contributed by atoms with E-state index < -0.39 is 0 Å². The van der Waals surface area contributed by atoms with Gasteiger partial charge in [-0.25, -0.2) is 0 Å². The molecular formula is C22H44. The Labute approximate surface area is 142 Å². The zero-order chi connectivity index (χ0) is 18.8. The van der Waals surface area contributed by atoms with Crippen LogP contribution in [0.4, 0.5) is 0 Å². The molecule has 0 radical (unpaired) electrons. The minimum atomic E-state index is 0.327. The summed E-state index contributed by atoms with van der Waals surface area (Å²) in [7, 11) is 0. The van der Waals surface area contributed by atoms with Crippen molar-refractivity contribution < 1.29 is 0 Å². The number of hydrogen-bond donors (Lipinski definition) is 0. The van der Waals surface area contributed by atoms with E-state index >= 15 is 0 Å². The van der Waals surface area contributed by atoms with Crippen LogP contribution in [-0.2, 0) is 0 Å². The van der Waals surface area contributed by atoms with Gasteiger partial charge in [0.25, 0.3) is 0 Å². The summed E-state index contributed by atoms with van der Waals surface area (Å²) < 4.78 is 0. The van der Waals surface area contributed by atoms with Crippen LogP contribution < -0.4 is 0 Å². The van der Waals surface area contributed by atoms with Crippen molar-refractivity contribution in [2.45, 2.75) is 83.1 Å². The maximum Gasteiger partial charge on any atom is -0.0203 e. The van der Waals surface area contributed by atoms with Crippen molar-refractivity contribution in [1.29, 1.82) is 0 Å². The summed E-state index contributed by atoms with van der Waals surface area (Å²) in [6.45, 7) is 32.6. The third-order valence-electron chi connectivity index (χ3n) is 2.17. The summed E-state index contributed by atoms with van der Waals surface area (Å²) in [4.78, 5) is 0. The van der Waals surface area contributed by atoms with E-state index in [1.165, 1.54) is 0 Å². The van der Waals surface area contributed by atoms with Crippen molar-refractivity contribution in [1.82, 2.24) is 0 Å². The van der Waals surface area contributed by atoms with Crippen molar-refractivity contribution in [2.24, 2.45) is 21.7 Å². The maximum atomic E-state index is 3.00. The summed E-state index contributed by atoms with van der Waals surface area (Å²) in [5, 5.41) is 0. The fourth-order valence-corrected chi connectivity index (χ4v) is 1.00. The zero-order valence-corrected chi connectivity index (χ0v) is 17.7. The van der Waals surface area contributed by atoms with Crippen molar-refractivity contribution in [3.05, 3.63) is 37.5 Å². The van der Waals surface area contributed by atoms with Gasteiger partial charge in [-0.2, -0.15) is 0 Å². The Balaban J connectivity index is -0.000000294. The highest BCUT2D eigenvalue weighted by Crippen LogP contribution is 2.22. The van der Waals surface area contributed by atoms with E-state index in [0.29, 0.717) is 21.7 Å². The Morgan fingerprint density at radius 1 is 0.364 bits per heavy atom. The predicted octanol–water partition coefficient (Wildman–Crippen LogP) is 8.07. The van der Waals surface area contributed by atoms with Crippen LogP contribution in [0.25, 0.3) is 0 Å². The van der Waals surface area contributed by atoms with Crippen LogP contribution in [0.1, 0.15) is 83.1 Å². The molecule has 0 N–H and O–H groups in total. The van der Waals surface area contributed by atoms with E-state index in [2.05, 4.69) is 121 Å². The highest BCUT2D eigenvalue weighted by Gasteiger charge is 2.09. The van der Waals surface area contributed by atoms with Gasteiger partial charge in [0.05, 0.1) is 0 Å². The molecule has 0 atom stereocenters. The molecule has 0 aromatic heterocycles. The Morgan fingerprint density at radius 2 is 0.455 bits per heavy atom. The van der Waals surface area contributed by atoms with E-state index in [1.54, 1.807) is 0 Å². The summed E-state index contributed by atoms with van der Waals surface area (Å²) in [6.07, 6.45) is 9.08. The van der Waals surface area contributed by atoms with Gasteiger partial charge < -0.3 is 0 Å². The number of rotatable bonds is 0. The highest BCUT2D eigenvalue weighted by atomic mass is 14.1. The van der Waals surface area contributed by atoms with Gasteiger partial charge in [0.2, 0.25) is 0 Å². The predicted molar refractivity (Wildman–Crippen MR) is 107 cm³/mol. The Kier molecular flexibility index (Phi) is 12.0. The summed E-state index contributed by atoms with van der Waals surface area (Å²) >= 11 is 0. The lowest BCUT2D eigenvalue weighted by Gasteiger charge is -2.17. The van der Waals surface area contributed by atoms with Crippen LogP contribution in [0.15, 0.2) is 37.5 Å². The molecule has 0 rings (SSSR count). The summed E-state index contributed by atoms with van der Waals surface area (Å²) in [6, 6.07) is 0. The van der Waals surface area contributed by atoms with Crippen molar-refractivity contribution >= 4 is 0 Å². The van der Waals surface area contributed by atoms with Gasteiger partial charge in [-0.15, -0.1) is 13.2 Å². The smallest absolute Gasteiger partial charge is 0.0203 e. The largest absolute Gasteiger partial charge is 0.106 e. The molecular weight excluding hydrogens is 264 g/mol. The molecule has 132 valence electrons. The van der Waals surface area contributed by atoms with E-state index in [4.69, 9.17) is 0 Å². The molecule has 0 aromatic rings. The zero-order valence-electron chi connectivity index (χ0n) is 17.7. The molecule has 0 amide bonds. The molecule has 0 saturated heterocycles. The molecule has 0 spiro atoms. The van der Waals surface area contributed by atoms with E-state index in [0.717, 1.165) is 0 Å². The van der Waals surface area contributed by atoms with Crippen LogP contribution in [0.5, 0.6) is 0 Å². The highest BCUT2D eigenvalue weighted by molar-refractivity contribution is 4.99. The van der Waals surface area contributed by atoms with Crippen LogP contribution in [-0.4, -0.2) is 0 Å². The molecule has 0 unspecified atom stereocenters. The minimum Gasteiger partial charge on any atom is -0.106 e. The van der Waals surface area contributed by atoms with Crippen molar-refractivity contribution in [3.63, 3.8) is 0 Å². The topological polar surface area (TPSA) is 0 Å². The molecule has 22 heavy (non-hydrogen) atoms. The fourth-order valence-electron chi connectivity index (χ4n) is 1.00. The third-order valence-corrected chi connectivity index (χ3v) is 2.17. The average molecular weight is 309 g/mol. The molecule has 0 aliphatic rings. The van der Waals surface area contributed by atoms with Crippen molar-refractivity contribution in [2.75, 3.05) is 0 Å². The van der Waals surface area contributed by atoms with Crippen LogP contribution in [0.3, 0.4) is 0 Å². The molecule has 0 nitrogen and oxygen atoms in total. The lowest BCUT2D eigenvalue weighted by molar-refractivity contribution is 0.502. The first-order valence-corrected chi connectivity index (χ1v) is 8.32. The molecule has 0 aliphatic heterocycles. The third kappa shape index (κ3) is 36.5. The van der Waals surface area contributed by atoms with Gasteiger partial charge in [0, 0.05) is 0 Å². The van der Waals surface area contributed by atoms with E-state index in [1.807, 2.05) is 0 Å².